The Kier molecular flexibility index (Phi) is 2.63. The van der Waals surface area contributed by atoms with Crippen LogP contribution in [0.2, 0.25) is 0 Å². The SMILES string of the molecule is C=S(=C)(C)c1ccc(CC)cc1. The molecule has 1 aromatic carbocycles. The topological polar surface area (TPSA) is 0 Å². The lowest BCUT2D eigenvalue weighted by atomic mass is 10.2. The molecule has 0 nitrogen and oxygen atoms in total. The molecule has 0 saturated carbocycles. The third kappa shape index (κ3) is 2.15. The van der Waals surface area contributed by atoms with Gasteiger partial charge in [0.2, 0.25) is 0 Å². The van der Waals surface area contributed by atoms with Crippen LogP contribution in [0.25, 0.3) is 0 Å². The van der Waals surface area contributed by atoms with Crippen LogP contribution in [-0.4, -0.2) is 18.0 Å². The van der Waals surface area contributed by atoms with E-state index in [1.54, 1.807) is 0 Å². The van der Waals surface area contributed by atoms with E-state index in [9.17, 15) is 0 Å². The monoisotopic (exact) mass is 180 g/mol. The van der Waals surface area contributed by atoms with Gasteiger partial charge in [0.25, 0.3) is 0 Å². The summed E-state index contributed by atoms with van der Waals surface area (Å²) in [5.41, 5.74) is 1.38. The van der Waals surface area contributed by atoms with Crippen LogP contribution < -0.4 is 0 Å². The number of hydrogen-bond donors (Lipinski definition) is 0. The molecule has 66 valence electrons. The number of hydrogen-bond acceptors (Lipinski definition) is 0. The first kappa shape index (κ1) is 9.40. The molecule has 1 heteroatoms. The van der Waals surface area contributed by atoms with Gasteiger partial charge in [0.1, 0.15) is 0 Å². The average Bonchev–Trinajstić information content (AvgIpc) is 2.03. The maximum Gasteiger partial charge on any atom is -0.00415 e. The minimum atomic E-state index is -1.03. The van der Waals surface area contributed by atoms with E-state index in [4.69, 9.17) is 0 Å². The molecule has 1 aromatic rings. The standard InChI is InChI=1S/C11H16S/c1-5-10-6-8-11(9-7-10)12(2,3)4/h6-9H,2-3,5H2,1,4H3. The van der Waals surface area contributed by atoms with Crippen molar-refractivity contribution in [3.63, 3.8) is 0 Å². The van der Waals surface area contributed by atoms with Crippen LogP contribution in [-0.2, 0) is 6.42 Å². The highest BCUT2D eigenvalue weighted by Gasteiger charge is 1.94. The molecule has 0 aliphatic heterocycles. The third-order valence-corrected chi connectivity index (χ3v) is 3.31. The molecule has 0 atom stereocenters. The summed E-state index contributed by atoms with van der Waals surface area (Å²) < 4.78 is 0. The van der Waals surface area contributed by atoms with Crippen molar-refractivity contribution < 1.29 is 0 Å². The van der Waals surface area contributed by atoms with E-state index in [1.807, 2.05) is 0 Å². The summed E-state index contributed by atoms with van der Waals surface area (Å²) >= 11 is 0. The van der Waals surface area contributed by atoms with Crippen molar-refractivity contribution in [2.45, 2.75) is 18.2 Å². The Bertz CT molecular complexity index is 341. The fraction of sp³-hybridized carbons (Fsp3) is 0.273. The lowest BCUT2D eigenvalue weighted by Crippen LogP contribution is -1.81. The van der Waals surface area contributed by atoms with E-state index < -0.39 is 9.21 Å². The second-order valence-electron chi connectivity index (χ2n) is 3.27. The Morgan fingerprint density at radius 2 is 1.67 bits per heavy atom. The van der Waals surface area contributed by atoms with E-state index in [0.717, 1.165) is 6.42 Å². The van der Waals surface area contributed by atoms with Gasteiger partial charge in [-0.2, -0.15) is 9.21 Å². The Morgan fingerprint density at radius 3 is 2.00 bits per heavy atom. The molecule has 0 fully saturated rings. The van der Waals surface area contributed by atoms with Gasteiger partial charge in [-0.25, -0.2) is 0 Å². The van der Waals surface area contributed by atoms with Crippen molar-refractivity contribution in [2.24, 2.45) is 0 Å². The summed E-state index contributed by atoms with van der Waals surface area (Å²) in [4.78, 5) is 1.28. The van der Waals surface area contributed by atoms with Crippen LogP contribution in [0.15, 0.2) is 29.2 Å². The van der Waals surface area contributed by atoms with Gasteiger partial charge in [0.05, 0.1) is 0 Å². The molecule has 0 amide bonds. The zero-order valence-electron chi connectivity index (χ0n) is 7.84. The summed E-state index contributed by atoms with van der Waals surface area (Å²) in [5.74, 6) is 8.14. The van der Waals surface area contributed by atoms with Gasteiger partial charge in [-0.3, -0.25) is 0 Å². The second-order valence-corrected chi connectivity index (χ2v) is 6.29. The molecule has 1 rings (SSSR count). The maximum atomic E-state index is 4.07. The Balaban J connectivity index is 3.09. The number of aryl methyl sites for hydroxylation is 1. The summed E-state index contributed by atoms with van der Waals surface area (Å²) in [7, 11) is -1.03. The summed E-state index contributed by atoms with van der Waals surface area (Å²) in [6.07, 6.45) is 3.20. The Labute approximate surface area is 75.7 Å². The van der Waals surface area contributed by atoms with Crippen LogP contribution in [0.4, 0.5) is 0 Å². The lowest BCUT2D eigenvalue weighted by molar-refractivity contribution is 1.13. The molecular weight excluding hydrogens is 164 g/mol. The quantitative estimate of drug-likeness (QED) is 0.614. The summed E-state index contributed by atoms with van der Waals surface area (Å²) in [5, 5.41) is 0. The van der Waals surface area contributed by atoms with Gasteiger partial charge in [-0.15, -0.1) is 0 Å². The minimum Gasteiger partial charge on any atom is -0.190 e. The van der Waals surface area contributed by atoms with Crippen molar-refractivity contribution in [3.8, 4) is 0 Å². The largest absolute Gasteiger partial charge is 0.190 e. The molecule has 0 radical (unpaired) electrons. The van der Waals surface area contributed by atoms with Gasteiger partial charge in [-0.05, 0) is 35.3 Å². The predicted molar refractivity (Wildman–Crippen MR) is 61.8 cm³/mol. The van der Waals surface area contributed by atoms with Crippen molar-refractivity contribution in [3.05, 3.63) is 29.8 Å². The highest BCUT2D eigenvalue weighted by atomic mass is 32.2. The molecule has 0 N–H and O–H groups in total. The van der Waals surface area contributed by atoms with Crippen LogP contribution in [0.1, 0.15) is 12.5 Å². The first-order valence-electron chi connectivity index (χ1n) is 4.07. The fourth-order valence-electron chi connectivity index (χ4n) is 1.05. The molecule has 0 bridgehead atoms. The van der Waals surface area contributed by atoms with Crippen LogP contribution in [0.5, 0.6) is 0 Å². The smallest absolute Gasteiger partial charge is 0.00415 e. The molecule has 0 heterocycles. The molecule has 0 unspecified atom stereocenters. The van der Waals surface area contributed by atoms with Gasteiger partial charge in [0.15, 0.2) is 0 Å². The van der Waals surface area contributed by atoms with Crippen molar-refractivity contribution in [1.82, 2.24) is 0 Å². The van der Waals surface area contributed by atoms with Crippen LogP contribution in [0, 0.1) is 0 Å². The van der Waals surface area contributed by atoms with Crippen LogP contribution in [0.3, 0.4) is 0 Å². The minimum absolute atomic E-state index is 1.03. The third-order valence-electron chi connectivity index (χ3n) is 1.90. The maximum absolute atomic E-state index is 4.07. The van der Waals surface area contributed by atoms with Gasteiger partial charge in [0, 0.05) is 0 Å². The van der Waals surface area contributed by atoms with Crippen molar-refractivity contribution >= 4 is 20.9 Å². The normalized spacial score (nSPS) is 11.5. The molecule has 0 spiro atoms. The van der Waals surface area contributed by atoms with Crippen molar-refractivity contribution in [1.29, 1.82) is 0 Å². The van der Waals surface area contributed by atoms with E-state index in [2.05, 4.69) is 49.2 Å². The first-order chi connectivity index (χ1) is 5.54. The first-order valence-corrected chi connectivity index (χ1v) is 6.45. The van der Waals surface area contributed by atoms with Crippen LogP contribution >= 0.6 is 9.21 Å². The molecule has 12 heavy (non-hydrogen) atoms. The molecule has 0 saturated heterocycles. The van der Waals surface area contributed by atoms with Crippen molar-refractivity contribution in [2.75, 3.05) is 6.26 Å². The molecule has 0 aliphatic carbocycles. The molecule has 0 aromatic heterocycles. The van der Waals surface area contributed by atoms with Gasteiger partial charge in [-0.1, -0.05) is 30.8 Å². The lowest BCUT2D eigenvalue weighted by Gasteiger charge is -2.07. The highest BCUT2D eigenvalue weighted by molar-refractivity contribution is 8.27. The second kappa shape index (κ2) is 3.36. The van der Waals surface area contributed by atoms with E-state index in [1.165, 1.54) is 10.5 Å². The van der Waals surface area contributed by atoms with E-state index in [0.29, 0.717) is 0 Å². The summed E-state index contributed by atoms with van der Waals surface area (Å²) in [6.45, 7) is 2.16. The van der Waals surface area contributed by atoms with Gasteiger partial charge < -0.3 is 0 Å². The molecular formula is C11H16S. The fourth-order valence-corrected chi connectivity index (χ4v) is 1.85. The summed E-state index contributed by atoms with van der Waals surface area (Å²) in [6, 6.07) is 8.62. The average molecular weight is 180 g/mol. The zero-order valence-corrected chi connectivity index (χ0v) is 8.66. The Morgan fingerprint density at radius 1 is 1.17 bits per heavy atom. The zero-order chi connectivity index (χ0) is 9.19. The number of rotatable bonds is 2. The number of benzene rings is 1. The Hall–Kier alpha value is -0.690. The molecule has 0 aliphatic rings. The van der Waals surface area contributed by atoms with E-state index in [-0.39, 0.29) is 0 Å². The highest BCUT2D eigenvalue weighted by Crippen LogP contribution is 2.27. The van der Waals surface area contributed by atoms with Gasteiger partial charge >= 0.3 is 0 Å². The van der Waals surface area contributed by atoms with E-state index >= 15 is 0 Å². The predicted octanol–water partition coefficient (Wildman–Crippen LogP) is 2.91.